The maximum Gasteiger partial charge on any atom is 0.238 e. The van der Waals surface area contributed by atoms with Crippen molar-refractivity contribution in [3.63, 3.8) is 0 Å². The van der Waals surface area contributed by atoms with Crippen molar-refractivity contribution >= 4 is 17.3 Å². The molecule has 138 valence electrons. The molecule has 5 nitrogen and oxygen atoms in total. The number of para-hydroxylation sites is 2. The molecule has 1 amide bonds. The Labute approximate surface area is 148 Å². The highest BCUT2D eigenvalue weighted by molar-refractivity contribution is 5.92. The largest absolute Gasteiger partial charge is 0.506 e. The van der Waals surface area contributed by atoms with E-state index in [-0.39, 0.29) is 18.0 Å². The highest BCUT2D eigenvalue weighted by Gasteiger charge is 2.22. The fraction of sp³-hybridized carbons (Fsp3) is 0.278. The van der Waals surface area contributed by atoms with E-state index >= 15 is 0 Å². The third-order valence-corrected chi connectivity index (χ3v) is 4.27. The number of phenols is 1. The minimum Gasteiger partial charge on any atom is -0.506 e. The monoisotopic (exact) mass is 365 g/mol. The molecule has 0 atom stereocenters. The van der Waals surface area contributed by atoms with Crippen LogP contribution in [0.4, 0.5) is 24.5 Å². The number of benzene rings is 2. The van der Waals surface area contributed by atoms with Gasteiger partial charge in [0.15, 0.2) is 17.5 Å². The number of carbonyl (C=O) groups excluding carboxylic acids is 1. The molecule has 1 aliphatic rings. The summed E-state index contributed by atoms with van der Waals surface area (Å²) in [6.45, 7) is 2.38. The number of amides is 1. The third kappa shape index (κ3) is 3.91. The number of nitrogens with one attached hydrogen (secondary N) is 1. The Morgan fingerprint density at radius 1 is 1.00 bits per heavy atom. The molecule has 8 heteroatoms. The molecule has 0 saturated carbocycles. The Morgan fingerprint density at radius 3 is 2.38 bits per heavy atom. The summed E-state index contributed by atoms with van der Waals surface area (Å²) in [6.07, 6.45) is 0. The first-order valence-corrected chi connectivity index (χ1v) is 8.14. The molecule has 0 aliphatic carbocycles. The number of carbonyl (C=O) groups is 1. The van der Waals surface area contributed by atoms with Gasteiger partial charge in [0, 0.05) is 26.2 Å². The number of hydrogen-bond acceptors (Lipinski definition) is 4. The molecule has 2 aromatic rings. The van der Waals surface area contributed by atoms with E-state index in [2.05, 4.69) is 5.32 Å². The van der Waals surface area contributed by atoms with Crippen LogP contribution in [0.5, 0.6) is 5.75 Å². The van der Waals surface area contributed by atoms with Crippen LogP contribution < -0.4 is 10.2 Å². The lowest BCUT2D eigenvalue weighted by molar-refractivity contribution is -0.117. The van der Waals surface area contributed by atoms with Crippen molar-refractivity contribution in [3.05, 3.63) is 53.8 Å². The van der Waals surface area contributed by atoms with Gasteiger partial charge >= 0.3 is 0 Å². The normalized spacial score (nSPS) is 15.1. The van der Waals surface area contributed by atoms with Crippen LogP contribution >= 0.6 is 0 Å². The fourth-order valence-electron chi connectivity index (χ4n) is 2.89. The quantitative estimate of drug-likeness (QED) is 0.818. The van der Waals surface area contributed by atoms with Gasteiger partial charge in [0.05, 0.1) is 17.9 Å². The van der Waals surface area contributed by atoms with Gasteiger partial charge in [-0.05, 0) is 24.3 Å². The number of piperazine rings is 1. The third-order valence-electron chi connectivity index (χ3n) is 4.27. The van der Waals surface area contributed by atoms with Crippen molar-refractivity contribution in [1.29, 1.82) is 0 Å². The average Bonchev–Trinajstić information content (AvgIpc) is 2.63. The number of aromatic hydroxyl groups is 1. The van der Waals surface area contributed by atoms with Gasteiger partial charge in [0.25, 0.3) is 0 Å². The van der Waals surface area contributed by atoms with E-state index in [0.717, 1.165) is 17.8 Å². The van der Waals surface area contributed by atoms with Crippen molar-refractivity contribution in [2.75, 3.05) is 42.9 Å². The molecule has 2 aromatic carbocycles. The van der Waals surface area contributed by atoms with Crippen molar-refractivity contribution in [3.8, 4) is 5.75 Å². The SMILES string of the molecule is O=C(CN1CCN(c2ccccc2O)CC1)Nc1ccc(F)c(F)c1F. The lowest BCUT2D eigenvalue weighted by Crippen LogP contribution is -2.48. The van der Waals surface area contributed by atoms with Crippen LogP contribution in [0.25, 0.3) is 0 Å². The van der Waals surface area contributed by atoms with Crippen molar-refractivity contribution in [2.24, 2.45) is 0 Å². The molecule has 1 heterocycles. The number of hydrogen-bond donors (Lipinski definition) is 2. The maximum atomic E-state index is 13.6. The second-order valence-corrected chi connectivity index (χ2v) is 6.02. The highest BCUT2D eigenvalue weighted by atomic mass is 19.2. The molecular formula is C18H18F3N3O2. The zero-order chi connectivity index (χ0) is 18.7. The summed E-state index contributed by atoms with van der Waals surface area (Å²) in [6, 6.07) is 8.78. The van der Waals surface area contributed by atoms with Crippen molar-refractivity contribution in [2.45, 2.75) is 0 Å². The molecule has 1 saturated heterocycles. The van der Waals surface area contributed by atoms with Gasteiger partial charge in [0.2, 0.25) is 5.91 Å². The molecule has 3 rings (SSSR count). The molecule has 1 aliphatic heterocycles. The Morgan fingerprint density at radius 2 is 1.69 bits per heavy atom. The van der Waals surface area contributed by atoms with E-state index in [1.54, 1.807) is 12.1 Å². The molecular weight excluding hydrogens is 347 g/mol. The summed E-state index contributed by atoms with van der Waals surface area (Å²) in [5, 5.41) is 12.2. The molecule has 0 bridgehead atoms. The van der Waals surface area contributed by atoms with Crippen LogP contribution in [-0.4, -0.2) is 48.6 Å². The molecule has 0 spiro atoms. The first-order valence-electron chi connectivity index (χ1n) is 8.14. The Hall–Kier alpha value is -2.74. The summed E-state index contributed by atoms with van der Waals surface area (Å²) < 4.78 is 39.7. The van der Waals surface area contributed by atoms with Gasteiger partial charge in [-0.2, -0.15) is 0 Å². The van der Waals surface area contributed by atoms with Crippen LogP contribution in [0.1, 0.15) is 0 Å². The second-order valence-electron chi connectivity index (χ2n) is 6.02. The Bertz CT molecular complexity index is 808. The second kappa shape index (κ2) is 7.65. The minimum absolute atomic E-state index is 0.00699. The van der Waals surface area contributed by atoms with Gasteiger partial charge in [-0.25, -0.2) is 13.2 Å². The van der Waals surface area contributed by atoms with E-state index in [1.165, 1.54) is 0 Å². The Balaban J connectivity index is 1.54. The van der Waals surface area contributed by atoms with Crippen LogP contribution in [0.3, 0.4) is 0 Å². The predicted molar refractivity (Wildman–Crippen MR) is 91.7 cm³/mol. The molecule has 2 N–H and O–H groups in total. The topological polar surface area (TPSA) is 55.8 Å². The maximum absolute atomic E-state index is 13.6. The number of phenolic OH excluding ortho intramolecular Hbond substituents is 1. The molecule has 1 fully saturated rings. The summed E-state index contributed by atoms with van der Waals surface area (Å²) in [7, 11) is 0. The van der Waals surface area contributed by atoms with Gasteiger partial charge < -0.3 is 15.3 Å². The molecule has 0 unspecified atom stereocenters. The van der Waals surface area contributed by atoms with E-state index in [4.69, 9.17) is 0 Å². The first-order chi connectivity index (χ1) is 12.5. The van der Waals surface area contributed by atoms with Gasteiger partial charge in [-0.1, -0.05) is 12.1 Å². The molecule has 0 aromatic heterocycles. The predicted octanol–water partition coefficient (Wildman–Crippen LogP) is 2.57. The zero-order valence-electron chi connectivity index (χ0n) is 13.9. The van der Waals surface area contributed by atoms with Crippen molar-refractivity contribution < 1.29 is 23.1 Å². The minimum atomic E-state index is -1.61. The number of halogens is 3. The van der Waals surface area contributed by atoms with Crippen LogP contribution in [0, 0.1) is 17.5 Å². The van der Waals surface area contributed by atoms with Gasteiger partial charge in [0.1, 0.15) is 5.75 Å². The van der Waals surface area contributed by atoms with E-state index < -0.39 is 23.4 Å². The van der Waals surface area contributed by atoms with Gasteiger partial charge in [-0.3, -0.25) is 9.69 Å². The van der Waals surface area contributed by atoms with E-state index in [0.29, 0.717) is 26.2 Å². The van der Waals surface area contributed by atoms with E-state index in [9.17, 15) is 23.1 Å². The lowest BCUT2D eigenvalue weighted by atomic mass is 10.2. The number of anilines is 2. The van der Waals surface area contributed by atoms with Crippen LogP contribution in [0.2, 0.25) is 0 Å². The average molecular weight is 365 g/mol. The summed E-state index contributed by atoms with van der Waals surface area (Å²) >= 11 is 0. The highest BCUT2D eigenvalue weighted by Crippen LogP contribution is 2.27. The summed E-state index contributed by atoms with van der Waals surface area (Å²) in [4.78, 5) is 15.9. The number of nitrogens with zero attached hydrogens (tertiary/aromatic N) is 2. The fourth-order valence-corrected chi connectivity index (χ4v) is 2.89. The standard InChI is InChI=1S/C18H18F3N3O2/c19-12-5-6-13(18(21)17(12)20)22-16(26)11-23-7-9-24(10-8-23)14-3-1-2-4-15(14)25/h1-6,25H,7-11H2,(H,22,26). The van der Waals surface area contributed by atoms with Gasteiger partial charge in [-0.15, -0.1) is 0 Å². The lowest BCUT2D eigenvalue weighted by Gasteiger charge is -2.35. The molecule has 0 radical (unpaired) electrons. The summed E-state index contributed by atoms with van der Waals surface area (Å²) in [5.74, 6) is -4.64. The van der Waals surface area contributed by atoms with Crippen molar-refractivity contribution in [1.82, 2.24) is 4.90 Å². The smallest absolute Gasteiger partial charge is 0.238 e. The zero-order valence-corrected chi connectivity index (χ0v) is 13.9. The molecule has 26 heavy (non-hydrogen) atoms. The number of rotatable bonds is 4. The van der Waals surface area contributed by atoms with Crippen LogP contribution in [-0.2, 0) is 4.79 Å². The van der Waals surface area contributed by atoms with Crippen LogP contribution in [0.15, 0.2) is 36.4 Å². The van der Waals surface area contributed by atoms with E-state index in [1.807, 2.05) is 21.9 Å². The first kappa shape index (κ1) is 18.1. The Kier molecular flexibility index (Phi) is 5.32. The summed E-state index contributed by atoms with van der Waals surface area (Å²) in [5.41, 5.74) is 0.349.